The minimum absolute atomic E-state index is 0.646. The van der Waals surface area contributed by atoms with E-state index in [0.29, 0.717) is 12.4 Å². The van der Waals surface area contributed by atoms with Crippen LogP contribution in [0.5, 0.6) is 5.88 Å². The predicted molar refractivity (Wildman–Crippen MR) is 64.6 cm³/mol. The molecule has 82 valence electrons. The lowest BCUT2D eigenvalue weighted by Gasteiger charge is -2.06. The van der Waals surface area contributed by atoms with Gasteiger partial charge in [0, 0.05) is 11.8 Å². The van der Waals surface area contributed by atoms with Crippen molar-refractivity contribution in [2.75, 3.05) is 12.4 Å². The smallest absolute Gasteiger partial charge is 0.213 e. The number of ether oxygens (including phenoxy) is 1. The van der Waals surface area contributed by atoms with Gasteiger partial charge in [0.2, 0.25) is 5.88 Å². The number of hydrogen-bond acceptors (Lipinski definition) is 3. The summed E-state index contributed by atoms with van der Waals surface area (Å²) in [6.07, 6.45) is 0. The fraction of sp³-hybridized carbons (Fsp3) is 0.154. The topological polar surface area (TPSA) is 34.1 Å². The van der Waals surface area contributed by atoms with Crippen molar-refractivity contribution in [3.05, 3.63) is 54.2 Å². The van der Waals surface area contributed by atoms with Crippen LogP contribution in [0.25, 0.3) is 0 Å². The molecule has 0 aliphatic rings. The summed E-state index contributed by atoms with van der Waals surface area (Å²) >= 11 is 0. The molecule has 16 heavy (non-hydrogen) atoms. The number of nitrogens with one attached hydrogen (secondary N) is 1. The highest BCUT2D eigenvalue weighted by atomic mass is 16.5. The molecule has 1 aromatic carbocycles. The Labute approximate surface area is 95.1 Å². The third kappa shape index (κ3) is 2.73. The van der Waals surface area contributed by atoms with Gasteiger partial charge in [-0.1, -0.05) is 24.3 Å². The highest BCUT2D eigenvalue weighted by Gasteiger charge is 1.97. The lowest BCUT2D eigenvalue weighted by molar-refractivity contribution is 0.396. The van der Waals surface area contributed by atoms with Crippen LogP contribution in [-0.2, 0) is 6.54 Å². The Balaban J connectivity index is 1.99. The van der Waals surface area contributed by atoms with Crippen molar-refractivity contribution in [1.29, 1.82) is 0 Å². The number of benzene rings is 1. The summed E-state index contributed by atoms with van der Waals surface area (Å²) in [6.45, 7) is 0.696. The van der Waals surface area contributed by atoms with Crippen molar-refractivity contribution >= 4 is 5.69 Å². The molecule has 0 saturated carbocycles. The highest BCUT2D eigenvalue weighted by Crippen LogP contribution is 2.10. The average molecular weight is 214 g/mol. The Morgan fingerprint density at radius 2 is 1.88 bits per heavy atom. The first-order valence-electron chi connectivity index (χ1n) is 5.17. The molecule has 0 spiro atoms. The molecule has 0 aliphatic heterocycles. The molecule has 2 rings (SSSR count). The molecular weight excluding hydrogens is 200 g/mol. The summed E-state index contributed by atoms with van der Waals surface area (Å²) in [4.78, 5) is 4.32. The first-order chi connectivity index (χ1) is 7.88. The zero-order valence-electron chi connectivity index (χ0n) is 9.18. The second kappa shape index (κ2) is 5.16. The molecule has 1 heterocycles. The lowest BCUT2D eigenvalue weighted by atomic mass is 10.3. The van der Waals surface area contributed by atoms with E-state index in [1.54, 1.807) is 7.11 Å². The van der Waals surface area contributed by atoms with Gasteiger partial charge in [0.1, 0.15) is 0 Å². The molecule has 0 bridgehead atoms. The lowest BCUT2D eigenvalue weighted by Crippen LogP contribution is -2.02. The van der Waals surface area contributed by atoms with E-state index in [1.807, 2.05) is 48.5 Å². The number of anilines is 1. The molecule has 0 radical (unpaired) electrons. The number of methoxy groups -OCH3 is 1. The van der Waals surface area contributed by atoms with Crippen molar-refractivity contribution in [1.82, 2.24) is 4.98 Å². The summed E-state index contributed by atoms with van der Waals surface area (Å²) < 4.78 is 5.07. The Morgan fingerprint density at radius 1 is 1.06 bits per heavy atom. The standard InChI is InChI=1S/C13H14N2O/c1-16-13-9-5-8-12(15-13)10-14-11-6-3-2-4-7-11/h2-9,14H,10H2,1H3. The molecule has 0 amide bonds. The first kappa shape index (κ1) is 10.5. The maximum Gasteiger partial charge on any atom is 0.213 e. The molecular formula is C13H14N2O. The average Bonchev–Trinajstić information content (AvgIpc) is 2.38. The van der Waals surface area contributed by atoms with Gasteiger partial charge in [-0.05, 0) is 18.2 Å². The van der Waals surface area contributed by atoms with Crippen LogP contribution in [0.15, 0.2) is 48.5 Å². The Kier molecular flexibility index (Phi) is 3.38. The summed E-state index contributed by atoms with van der Waals surface area (Å²) in [5.41, 5.74) is 2.05. The molecule has 2 aromatic rings. The maximum absolute atomic E-state index is 5.07. The molecule has 0 saturated heterocycles. The van der Waals surface area contributed by atoms with Crippen LogP contribution in [0, 0.1) is 0 Å². The quantitative estimate of drug-likeness (QED) is 0.849. The second-order valence-electron chi connectivity index (χ2n) is 3.39. The summed E-state index contributed by atoms with van der Waals surface area (Å²) in [5, 5.41) is 3.29. The van der Waals surface area contributed by atoms with Gasteiger partial charge in [-0.25, -0.2) is 4.98 Å². The fourth-order valence-electron chi connectivity index (χ4n) is 1.42. The van der Waals surface area contributed by atoms with Crippen LogP contribution in [0.1, 0.15) is 5.69 Å². The fourth-order valence-corrected chi connectivity index (χ4v) is 1.42. The van der Waals surface area contributed by atoms with Gasteiger partial charge >= 0.3 is 0 Å². The largest absolute Gasteiger partial charge is 0.481 e. The van der Waals surface area contributed by atoms with Gasteiger partial charge in [0.25, 0.3) is 0 Å². The minimum Gasteiger partial charge on any atom is -0.481 e. The van der Waals surface area contributed by atoms with Crippen LogP contribution in [0.4, 0.5) is 5.69 Å². The molecule has 3 nitrogen and oxygen atoms in total. The van der Waals surface area contributed by atoms with Gasteiger partial charge < -0.3 is 10.1 Å². The first-order valence-corrected chi connectivity index (χ1v) is 5.17. The van der Waals surface area contributed by atoms with Crippen molar-refractivity contribution in [3.8, 4) is 5.88 Å². The van der Waals surface area contributed by atoms with E-state index in [0.717, 1.165) is 11.4 Å². The maximum atomic E-state index is 5.07. The van der Waals surface area contributed by atoms with Crippen molar-refractivity contribution in [2.24, 2.45) is 0 Å². The molecule has 1 N–H and O–H groups in total. The SMILES string of the molecule is COc1cccc(CNc2ccccc2)n1. The highest BCUT2D eigenvalue weighted by molar-refractivity contribution is 5.42. The Hall–Kier alpha value is -2.03. The monoisotopic (exact) mass is 214 g/mol. The predicted octanol–water partition coefficient (Wildman–Crippen LogP) is 2.70. The van der Waals surface area contributed by atoms with E-state index in [1.165, 1.54) is 0 Å². The molecule has 0 aliphatic carbocycles. The number of pyridine rings is 1. The second-order valence-corrected chi connectivity index (χ2v) is 3.39. The van der Waals surface area contributed by atoms with E-state index in [4.69, 9.17) is 4.74 Å². The van der Waals surface area contributed by atoms with Crippen molar-refractivity contribution < 1.29 is 4.74 Å². The van der Waals surface area contributed by atoms with Crippen molar-refractivity contribution in [2.45, 2.75) is 6.54 Å². The van der Waals surface area contributed by atoms with Gasteiger partial charge in [0.05, 0.1) is 19.3 Å². The number of para-hydroxylation sites is 1. The van der Waals surface area contributed by atoms with Crippen LogP contribution in [0.3, 0.4) is 0 Å². The molecule has 0 fully saturated rings. The molecule has 3 heteroatoms. The molecule has 0 atom stereocenters. The zero-order valence-corrected chi connectivity index (χ0v) is 9.18. The third-order valence-electron chi connectivity index (χ3n) is 2.24. The number of hydrogen-bond donors (Lipinski definition) is 1. The minimum atomic E-state index is 0.646. The molecule has 0 unspecified atom stereocenters. The Bertz CT molecular complexity index is 443. The van der Waals surface area contributed by atoms with E-state index >= 15 is 0 Å². The van der Waals surface area contributed by atoms with E-state index in [-0.39, 0.29) is 0 Å². The van der Waals surface area contributed by atoms with Crippen LogP contribution in [0.2, 0.25) is 0 Å². The van der Waals surface area contributed by atoms with Gasteiger partial charge in [0.15, 0.2) is 0 Å². The number of rotatable bonds is 4. The van der Waals surface area contributed by atoms with Gasteiger partial charge in [-0.3, -0.25) is 0 Å². The van der Waals surface area contributed by atoms with E-state index in [2.05, 4.69) is 10.3 Å². The van der Waals surface area contributed by atoms with Gasteiger partial charge in [-0.2, -0.15) is 0 Å². The van der Waals surface area contributed by atoms with Crippen LogP contribution >= 0.6 is 0 Å². The number of nitrogens with zero attached hydrogens (tertiary/aromatic N) is 1. The van der Waals surface area contributed by atoms with Crippen molar-refractivity contribution in [3.63, 3.8) is 0 Å². The summed E-state index contributed by atoms with van der Waals surface area (Å²) in [7, 11) is 1.62. The Morgan fingerprint density at radius 3 is 2.62 bits per heavy atom. The zero-order chi connectivity index (χ0) is 11.2. The van der Waals surface area contributed by atoms with E-state index < -0.39 is 0 Å². The third-order valence-corrected chi connectivity index (χ3v) is 2.24. The van der Waals surface area contributed by atoms with Crippen LogP contribution in [-0.4, -0.2) is 12.1 Å². The number of aromatic nitrogens is 1. The normalized spacial score (nSPS) is 9.81. The molecule has 1 aromatic heterocycles. The summed E-state index contributed by atoms with van der Waals surface area (Å²) in [6, 6.07) is 15.8. The van der Waals surface area contributed by atoms with E-state index in [9.17, 15) is 0 Å². The van der Waals surface area contributed by atoms with Crippen LogP contribution < -0.4 is 10.1 Å². The van der Waals surface area contributed by atoms with Gasteiger partial charge in [-0.15, -0.1) is 0 Å². The summed E-state index contributed by atoms with van der Waals surface area (Å²) in [5.74, 6) is 0.646.